The van der Waals surface area contributed by atoms with Crippen LogP contribution in [0.25, 0.3) is 11.3 Å². The topological polar surface area (TPSA) is 72.1 Å². The Morgan fingerprint density at radius 3 is 2.82 bits per heavy atom. The summed E-state index contributed by atoms with van der Waals surface area (Å²) < 4.78 is 18.6. The van der Waals surface area contributed by atoms with E-state index in [2.05, 4.69) is 15.1 Å². The molecular weight excluding hydrogens is 359 g/mol. The van der Waals surface area contributed by atoms with Crippen molar-refractivity contribution in [2.45, 2.75) is 26.7 Å². The Kier molecular flexibility index (Phi) is 4.90. The highest BCUT2D eigenvalue weighted by Gasteiger charge is 2.27. The molecule has 0 unspecified atom stereocenters. The van der Waals surface area contributed by atoms with Gasteiger partial charge in [-0.2, -0.15) is 0 Å². The maximum Gasteiger partial charge on any atom is 0.253 e. The molecule has 1 fully saturated rings. The summed E-state index contributed by atoms with van der Waals surface area (Å²) >= 11 is 0. The number of carbonyl (C=O) groups excluding carboxylic acids is 1. The third-order valence-electron chi connectivity index (χ3n) is 5.14. The molecule has 1 amide bonds. The van der Waals surface area contributed by atoms with Crippen molar-refractivity contribution >= 4 is 5.91 Å². The third kappa shape index (κ3) is 3.65. The van der Waals surface area contributed by atoms with Crippen molar-refractivity contribution in [1.29, 1.82) is 0 Å². The molecule has 1 atom stereocenters. The lowest BCUT2D eigenvalue weighted by atomic mass is 10.0. The minimum absolute atomic E-state index is 0.123. The Balaban J connectivity index is 1.40. The Bertz CT molecular complexity index is 980. The van der Waals surface area contributed by atoms with Gasteiger partial charge in [0.15, 0.2) is 0 Å². The van der Waals surface area contributed by atoms with Crippen molar-refractivity contribution in [3.05, 3.63) is 65.2 Å². The van der Waals surface area contributed by atoms with E-state index in [4.69, 9.17) is 4.52 Å². The first-order valence-corrected chi connectivity index (χ1v) is 9.30. The average molecular weight is 380 g/mol. The Morgan fingerprint density at radius 2 is 2.14 bits per heavy atom. The van der Waals surface area contributed by atoms with Crippen molar-refractivity contribution < 1.29 is 13.7 Å². The lowest BCUT2D eigenvalue weighted by molar-refractivity contribution is 0.0786. The molecule has 1 saturated heterocycles. The lowest BCUT2D eigenvalue weighted by Gasteiger charge is -2.16. The molecule has 1 aliphatic rings. The van der Waals surface area contributed by atoms with Gasteiger partial charge in [-0.3, -0.25) is 14.8 Å². The van der Waals surface area contributed by atoms with E-state index in [1.165, 1.54) is 12.1 Å². The molecule has 0 spiro atoms. The molecule has 4 rings (SSSR count). The smallest absolute Gasteiger partial charge is 0.253 e. The van der Waals surface area contributed by atoms with Crippen LogP contribution in [0, 0.1) is 25.6 Å². The quantitative estimate of drug-likeness (QED) is 0.692. The normalized spacial score (nSPS) is 16.5. The Hall–Kier alpha value is -3.09. The van der Waals surface area contributed by atoms with Gasteiger partial charge < -0.3 is 9.42 Å². The van der Waals surface area contributed by atoms with Crippen molar-refractivity contribution in [2.75, 3.05) is 13.1 Å². The predicted molar refractivity (Wildman–Crippen MR) is 101 cm³/mol. The number of halogens is 1. The van der Waals surface area contributed by atoms with E-state index in [9.17, 15) is 9.18 Å². The van der Waals surface area contributed by atoms with Gasteiger partial charge in [0.2, 0.25) is 0 Å². The van der Waals surface area contributed by atoms with E-state index < -0.39 is 5.82 Å². The number of benzene rings is 1. The van der Waals surface area contributed by atoms with Crippen molar-refractivity contribution in [3.8, 4) is 11.3 Å². The van der Waals surface area contributed by atoms with Crippen LogP contribution in [0.2, 0.25) is 0 Å². The number of aryl methyl sites for hydroxylation is 2. The summed E-state index contributed by atoms with van der Waals surface area (Å²) in [6.07, 6.45) is 5.17. The van der Waals surface area contributed by atoms with E-state index in [1.54, 1.807) is 29.4 Å². The standard InChI is InChI=1S/C21H21FN4O2/c1-13-20(14(2)28-25-13)19-11-23-18(10-24-19)8-15-6-7-26(12-15)21(27)16-4-3-5-17(22)9-16/h3-5,9-11,15H,6-8,12H2,1-2H3/t15-/m0/s1. The first kappa shape index (κ1) is 18.3. The van der Waals surface area contributed by atoms with Crippen LogP contribution in [-0.2, 0) is 6.42 Å². The van der Waals surface area contributed by atoms with Gasteiger partial charge in [0.1, 0.15) is 11.6 Å². The Morgan fingerprint density at radius 1 is 1.29 bits per heavy atom. The molecule has 0 aliphatic carbocycles. The van der Waals surface area contributed by atoms with Crippen LogP contribution in [0.1, 0.15) is 33.9 Å². The van der Waals surface area contributed by atoms with Crippen LogP contribution in [0.3, 0.4) is 0 Å². The van der Waals surface area contributed by atoms with Crippen LogP contribution in [0.5, 0.6) is 0 Å². The van der Waals surface area contributed by atoms with E-state index in [0.717, 1.165) is 41.2 Å². The summed E-state index contributed by atoms with van der Waals surface area (Å²) in [5.41, 5.74) is 3.70. The highest BCUT2D eigenvalue weighted by Crippen LogP contribution is 2.25. The molecule has 28 heavy (non-hydrogen) atoms. The molecule has 0 N–H and O–H groups in total. The van der Waals surface area contributed by atoms with Crippen molar-refractivity contribution in [3.63, 3.8) is 0 Å². The molecule has 3 aromatic rings. The van der Waals surface area contributed by atoms with Gasteiger partial charge in [-0.25, -0.2) is 4.39 Å². The van der Waals surface area contributed by atoms with Gasteiger partial charge in [0, 0.05) is 24.8 Å². The second-order valence-electron chi connectivity index (χ2n) is 7.21. The first-order chi connectivity index (χ1) is 13.5. The summed E-state index contributed by atoms with van der Waals surface area (Å²) in [6.45, 7) is 5.05. The molecular formula is C21H21FN4O2. The van der Waals surface area contributed by atoms with Crippen LogP contribution >= 0.6 is 0 Å². The summed E-state index contributed by atoms with van der Waals surface area (Å²) in [6, 6.07) is 5.84. The first-order valence-electron chi connectivity index (χ1n) is 9.30. The van der Waals surface area contributed by atoms with Crippen LogP contribution in [-0.4, -0.2) is 39.0 Å². The summed E-state index contributed by atoms with van der Waals surface area (Å²) in [7, 11) is 0. The number of aromatic nitrogens is 3. The molecule has 3 heterocycles. The second kappa shape index (κ2) is 7.50. The fourth-order valence-electron chi connectivity index (χ4n) is 3.72. The lowest BCUT2D eigenvalue weighted by Crippen LogP contribution is -2.29. The number of hydrogen-bond donors (Lipinski definition) is 0. The molecule has 0 radical (unpaired) electrons. The van der Waals surface area contributed by atoms with E-state index in [-0.39, 0.29) is 5.91 Å². The van der Waals surface area contributed by atoms with Crippen LogP contribution in [0.15, 0.2) is 41.2 Å². The van der Waals surface area contributed by atoms with Gasteiger partial charge in [-0.15, -0.1) is 0 Å². The van der Waals surface area contributed by atoms with Crippen LogP contribution < -0.4 is 0 Å². The van der Waals surface area contributed by atoms with E-state index >= 15 is 0 Å². The van der Waals surface area contributed by atoms with Gasteiger partial charge in [0.25, 0.3) is 5.91 Å². The minimum atomic E-state index is -0.393. The summed E-state index contributed by atoms with van der Waals surface area (Å²) in [5, 5.41) is 3.95. The minimum Gasteiger partial charge on any atom is -0.361 e. The molecule has 0 saturated carbocycles. The van der Waals surface area contributed by atoms with Crippen molar-refractivity contribution in [2.24, 2.45) is 5.92 Å². The van der Waals surface area contributed by atoms with Gasteiger partial charge in [-0.1, -0.05) is 11.2 Å². The molecule has 2 aromatic heterocycles. The van der Waals surface area contributed by atoms with Crippen molar-refractivity contribution in [1.82, 2.24) is 20.0 Å². The van der Waals surface area contributed by atoms with Gasteiger partial charge in [0.05, 0.1) is 28.8 Å². The monoisotopic (exact) mass is 380 g/mol. The predicted octanol–water partition coefficient (Wildman–Crippen LogP) is 3.59. The number of nitrogens with zero attached hydrogens (tertiary/aromatic N) is 4. The zero-order valence-electron chi connectivity index (χ0n) is 15.9. The maximum absolute atomic E-state index is 13.4. The fourth-order valence-corrected chi connectivity index (χ4v) is 3.72. The fraction of sp³-hybridized carbons (Fsp3) is 0.333. The largest absolute Gasteiger partial charge is 0.361 e. The number of amides is 1. The van der Waals surface area contributed by atoms with E-state index in [0.29, 0.717) is 24.6 Å². The number of hydrogen-bond acceptors (Lipinski definition) is 5. The number of rotatable bonds is 4. The molecule has 1 aliphatic heterocycles. The number of carbonyl (C=O) groups is 1. The average Bonchev–Trinajstić information content (AvgIpc) is 3.28. The Labute approximate surface area is 162 Å². The maximum atomic E-state index is 13.4. The van der Waals surface area contributed by atoms with Gasteiger partial charge >= 0.3 is 0 Å². The summed E-state index contributed by atoms with van der Waals surface area (Å²) in [4.78, 5) is 23.4. The molecule has 0 bridgehead atoms. The van der Waals surface area contributed by atoms with Crippen LogP contribution in [0.4, 0.5) is 4.39 Å². The SMILES string of the molecule is Cc1noc(C)c1-c1cnc(C[C@@H]2CCN(C(=O)c3cccc(F)c3)C2)cn1. The highest BCUT2D eigenvalue weighted by atomic mass is 19.1. The second-order valence-corrected chi connectivity index (χ2v) is 7.21. The molecule has 7 heteroatoms. The number of likely N-dealkylation sites (tertiary alicyclic amines) is 1. The van der Waals surface area contributed by atoms with Gasteiger partial charge in [-0.05, 0) is 50.8 Å². The zero-order valence-corrected chi connectivity index (χ0v) is 15.9. The molecule has 144 valence electrons. The zero-order chi connectivity index (χ0) is 19.7. The third-order valence-corrected chi connectivity index (χ3v) is 5.14. The molecule has 1 aromatic carbocycles. The highest BCUT2D eigenvalue weighted by molar-refractivity contribution is 5.94. The summed E-state index contributed by atoms with van der Waals surface area (Å²) in [5.74, 6) is 0.524. The molecule has 6 nitrogen and oxygen atoms in total. The van der Waals surface area contributed by atoms with E-state index in [1.807, 2.05) is 13.8 Å².